The van der Waals surface area contributed by atoms with Crippen molar-refractivity contribution in [3.8, 4) is 51.7 Å². The molecule has 6 aromatic rings. The minimum atomic E-state index is -0.848. The summed E-state index contributed by atoms with van der Waals surface area (Å²) in [6, 6.07) is 33.0. The van der Waals surface area contributed by atoms with Crippen molar-refractivity contribution >= 4 is 17.7 Å². The molecule has 0 saturated carbocycles. The number of aliphatic hydroxyl groups excluding tert-OH is 3. The molecule has 6 N–H and O–H groups in total. The number of aliphatic hydroxyl groups is 3. The first-order valence-electron chi connectivity index (χ1n) is 24.8. The van der Waals surface area contributed by atoms with Crippen molar-refractivity contribution in [3.63, 3.8) is 0 Å². The van der Waals surface area contributed by atoms with E-state index in [9.17, 15) is 25.2 Å². The van der Waals surface area contributed by atoms with Gasteiger partial charge in [-0.1, -0.05) is 133 Å². The fraction of sp³-hybridized carbons (Fsp3) is 0.339. The van der Waals surface area contributed by atoms with Crippen molar-refractivity contribution in [2.75, 3.05) is 44.9 Å². The molecular formula is C59H61N3O9. The van der Waals surface area contributed by atoms with Gasteiger partial charge in [0.25, 0.3) is 0 Å². The first-order chi connectivity index (χ1) is 34.7. The Morgan fingerprint density at radius 2 is 1.75 bits per heavy atom. The third-order valence-corrected chi connectivity index (χ3v) is 14.2. The third-order valence-electron chi connectivity index (χ3n) is 14.2. The number of aryl methyl sites for hydroxylation is 1. The number of nitrogens with one attached hydrogen (secondary N) is 1. The van der Waals surface area contributed by atoms with Crippen LogP contribution in [0.15, 0.2) is 109 Å². The number of ether oxygens (including phenoxy) is 4. The summed E-state index contributed by atoms with van der Waals surface area (Å²) in [5.74, 6) is 8.51. The van der Waals surface area contributed by atoms with Gasteiger partial charge < -0.3 is 54.6 Å². The van der Waals surface area contributed by atoms with Gasteiger partial charge in [-0.3, -0.25) is 4.79 Å². The predicted molar refractivity (Wildman–Crippen MR) is 274 cm³/mol. The Morgan fingerprint density at radius 1 is 0.915 bits per heavy atom. The summed E-state index contributed by atoms with van der Waals surface area (Å²) in [7, 11) is 1.53. The fourth-order valence-electron chi connectivity index (χ4n) is 10.5. The van der Waals surface area contributed by atoms with E-state index >= 15 is 0 Å². The van der Waals surface area contributed by atoms with Gasteiger partial charge in [-0.2, -0.15) is 0 Å². The van der Waals surface area contributed by atoms with Crippen molar-refractivity contribution in [2.45, 2.75) is 82.3 Å². The maximum absolute atomic E-state index is 12.4. The number of nitrogens with zero attached hydrogens (tertiary/aromatic N) is 2. The largest absolute Gasteiger partial charge is 0.508 e. The number of phenols is 1. The van der Waals surface area contributed by atoms with Gasteiger partial charge >= 0.3 is 5.78 Å². The fourth-order valence-corrected chi connectivity index (χ4v) is 10.5. The number of aromatic nitrogens is 1. The molecule has 6 heterocycles. The minimum Gasteiger partial charge on any atom is -0.508 e. The first kappa shape index (κ1) is 47.7. The van der Waals surface area contributed by atoms with Gasteiger partial charge in [-0.25, -0.2) is 0 Å². The van der Waals surface area contributed by atoms with Gasteiger partial charge in [0.1, 0.15) is 24.0 Å². The standard InChI is InChI=1S/C59H60N3O9/c1-3-45-31-48-42-11-7-10-37(26-42)27-43-17-21-49-50(62(24-23-60-49)59(48)61-45)30-38-12-14-41(44(28-38)34-64)29-39(33-63)35-70-56-53(43)55-54(51(67)32-52(71-55)40-15-19-46(65)20-16-40)57(58(56)68-2)69-25-22-47(66)18-13-36-8-5-4-6-9-36/h4-16,18-20,26,28,31,39,43,47,49-50,52,60,63-66H,3,22-25,27,29-30,32-35H2,1-2H3/q-1/p+1/b18-13+/t39-,43-,47-,49-,50+,52?/m0/s1. The van der Waals surface area contributed by atoms with Crippen LogP contribution in [0, 0.1) is 17.8 Å². The molecule has 0 aliphatic carbocycles. The van der Waals surface area contributed by atoms with Crippen LogP contribution in [-0.4, -0.2) is 89.2 Å². The van der Waals surface area contributed by atoms with Crippen LogP contribution in [0.25, 0.3) is 17.2 Å². The molecule has 71 heavy (non-hydrogen) atoms. The number of phenolic OH excluding ortho intramolecular Hbond substituents is 1. The number of methoxy groups -OCH3 is 1. The highest BCUT2D eigenvalue weighted by atomic mass is 16.5. The number of hydrogen-bond donors (Lipinski definition) is 5. The molecule has 1 fully saturated rings. The number of carbonyl (C=O) groups excluding carboxylic acids is 1. The zero-order valence-electron chi connectivity index (χ0n) is 40.2. The smallest absolute Gasteiger partial charge is 0.335 e. The molecule has 0 spiro atoms. The van der Waals surface area contributed by atoms with E-state index in [0.717, 1.165) is 62.4 Å². The lowest BCUT2D eigenvalue weighted by atomic mass is 9.84. The highest BCUT2D eigenvalue weighted by molar-refractivity contribution is 6.05. The highest BCUT2D eigenvalue weighted by Crippen LogP contribution is 2.56. The van der Waals surface area contributed by atoms with Gasteiger partial charge in [-0.05, 0) is 101 Å². The lowest BCUT2D eigenvalue weighted by molar-refractivity contribution is 0.152. The molecule has 5 aliphatic heterocycles. The van der Waals surface area contributed by atoms with Crippen molar-refractivity contribution in [1.29, 1.82) is 0 Å². The molecule has 5 aliphatic rings. The average molecular weight is 956 g/mol. The minimum absolute atomic E-state index is 0.000564. The second-order valence-electron chi connectivity index (χ2n) is 18.9. The van der Waals surface area contributed by atoms with Gasteiger partial charge in [-0.15, -0.1) is 0 Å². The summed E-state index contributed by atoms with van der Waals surface area (Å²) < 4.78 is 27.2. The molecule has 5 aromatic carbocycles. The van der Waals surface area contributed by atoms with Gasteiger partial charge in [0, 0.05) is 18.9 Å². The number of hydrogen-bond acceptors (Lipinski definition) is 10. The Balaban J connectivity index is 1.19. The quantitative estimate of drug-likeness (QED) is 0.0641. The molecule has 12 heteroatoms. The predicted octanol–water partition coefficient (Wildman–Crippen LogP) is 7.62. The van der Waals surface area contributed by atoms with Crippen LogP contribution < -0.4 is 34.1 Å². The van der Waals surface area contributed by atoms with Crippen LogP contribution in [0.4, 0.5) is 5.82 Å². The number of piperazine rings is 1. The number of benzene rings is 5. The van der Waals surface area contributed by atoms with Crippen LogP contribution in [0.5, 0.6) is 28.7 Å². The normalized spacial score (nSPS) is 20.9. The van der Waals surface area contributed by atoms with E-state index in [-0.39, 0.29) is 74.4 Å². The van der Waals surface area contributed by atoms with Crippen LogP contribution in [0.3, 0.4) is 0 Å². The molecule has 1 unspecified atom stereocenters. The Hall–Kier alpha value is -7.01. The van der Waals surface area contributed by atoms with E-state index in [0.29, 0.717) is 55.0 Å². The Bertz CT molecular complexity index is 2970. The molecule has 8 bridgehead atoms. The molecule has 0 amide bonds. The third kappa shape index (κ3) is 10.0. The average Bonchev–Trinajstić information content (AvgIpc) is 3.83. The summed E-state index contributed by atoms with van der Waals surface area (Å²) in [6.07, 6.45) is 4.57. The first-order valence-corrected chi connectivity index (χ1v) is 24.8. The van der Waals surface area contributed by atoms with Crippen LogP contribution in [0.1, 0.15) is 82.0 Å². The van der Waals surface area contributed by atoms with Crippen LogP contribution in [-0.2, 0) is 32.3 Å². The van der Waals surface area contributed by atoms with E-state index in [1.165, 1.54) is 7.11 Å². The zero-order chi connectivity index (χ0) is 49.0. The Labute approximate surface area is 414 Å². The molecule has 12 nitrogen and oxygen atoms in total. The topological polar surface area (TPSA) is 169 Å². The molecule has 1 saturated heterocycles. The van der Waals surface area contributed by atoms with Crippen molar-refractivity contribution in [1.82, 2.24) is 10.3 Å². The summed E-state index contributed by atoms with van der Waals surface area (Å²) in [6.45, 7) is 3.18. The van der Waals surface area contributed by atoms with Gasteiger partial charge in [0.15, 0.2) is 17.1 Å². The summed E-state index contributed by atoms with van der Waals surface area (Å²) in [5, 5.41) is 47.1. The maximum Gasteiger partial charge on any atom is 0.335 e. The molecule has 366 valence electrons. The second kappa shape index (κ2) is 21.1. The molecular weight excluding hydrogens is 895 g/mol. The number of ketones is 1. The number of aromatic hydroxyl groups is 1. The van der Waals surface area contributed by atoms with Gasteiger partial charge in [0.2, 0.25) is 5.75 Å². The van der Waals surface area contributed by atoms with Crippen molar-refractivity contribution < 1.29 is 44.2 Å². The Kier molecular flexibility index (Phi) is 14.2. The van der Waals surface area contributed by atoms with E-state index in [1.807, 2.05) is 42.5 Å². The Morgan fingerprint density at radius 3 is 2.54 bits per heavy atom. The second-order valence-corrected chi connectivity index (χ2v) is 18.9. The van der Waals surface area contributed by atoms with E-state index < -0.39 is 24.0 Å². The molecule has 1 aromatic heterocycles. The van der Waals surface area contributed by atoms with E-state index in [1.54, 1.807) is 30.3 Å². The SMILES string of the molecule is CCc1cc2c([n-]1)N1CCN[C@H]3C#C[C@@H](Cc4cccc-2c4)c2c(c(OC)c(OCC[C@@H](O)/C=C/c4ccccc4)c4c2OC(c2ccc(O)cc2)CC4=[OH+])OC[C@H](CO)Cc2ccc(cc2CO)C[C@H]31. The van der Waals surface area contributed by atoms with Crippen molar-refractivity contribution in [2.24, 2.45) is 5.92 Å². The number of fused-ring (bicyclic) bond motifs is 11. The zero-order valence-corrected chi connectivity index (χ0v) is 40.2. The van der Waals surface area contributed by atoms with Crippen LogP contribution >= 0.6 is 0 Å². The van der Waals surface area contributed by atoms with Crippen molar-refractivity contribution in [3.05, 3.63) is 159 Å². The molecule has 0 radical (unpaired) electrons. The summed E-state index contributed by atoms with van der Waals surface area (Å²) in [4.78, 5) is 20.1. The lowest BCUT2D eigenvalue weighted by Gasteiger charge is -2.48. The summed E-state index contributed by atoms with van der Waals surface area (Å²) >= 11 is 0. The summed E-state index contributed by atoms with van der Waals surface area (Å²) in [5.41, 5.74) is 9.38. The van der Waals surface area contributed by atoms with Gasteiger partial charge in [0.05, 0.1) is 50.6 Å². The number of anilines is 1. The molecule has 6 atom stereocenters. The maximum atomic E-state index is 12.4. The van der Waals surface area contributed by atoms with E-state index in [4.69, 9.17) is 23.9 Å². The monoisotopic (exact) mass is 955 g/mol. The highest BCUT2D eigenvalue weighted by Gasteiger charge is 2.43. The lowest BCUT2D eigenvalue weighted by Crippen LogP contribution is -2.59. The van der Waals surface area contributed by atoms with E-state index in [2.05, 4.69) is 71.4 Å². The van der Waals surface area contributed by atoms with Crippen LogP contribution in [0.2, 0.25) is 0 Å². The molecule has 11 rings (SSSR count). The number of rotatable bonds is 11.